The van der Waals surface area contributed by atoms with Gasteiger partial charge in [0.25, 0.3) is 0 Å². The van der Waals surface area contributed by atoms with Gasteiger partial charge in [0.15, 0.2) is 61.6 Å². The van der Waals surface area contributed by atoms with E-state index in [1.807, 2.05) is 0 Å². The molecule has 24 nitrogen and oxygen atoms in total. The molecule has 0 aliphatic carbocycles. The maximum absolute atomic E-state index is 14.5. The van der Waals surface area contributed by atoms with Gasteiger partial charge in [-0.15, -0.1) is 0 Å². The van der Waals surface area contributed by atoms with Crippen LogP contribution >= 0.6 is 0 Å². The van der Waals surface area contributed by atoms with E-state index in [0.29, 0.717) is 0 Å². The SMILES string of the molecule is CC(=O)O[C@@H]1[C@@H](O[C@@H]2O[C@H](COC(=O)c3ccccc3)[C@H](OC(=O)c3ccccc3)[C@H](OC(=O)c3ccccc3)[C@H]2OC(=O)c2ccccc2)[C@@H](OC(C)=O)[C@@H](CO[C@@H]2O[C@@H](COC(=O)c3ccccc3)[C@H](OC(=O)c3ccccc3)[C@H]2OC(=O)c2ccccc2)O[C@@H]1O. The van der Waals surface area contributed by atoms with Crippen molar-refractivity contribution in [2.75, 3.05) is 19.8 Å². The van der Waals surface area contributed by atoms with Gasteiger partial charge >= 0.3 is 53.7 Å². The van der Waals surface area contributed by atoms with Gasteiger partial charge in [-0.3, -0.25) is 9.59 Å². The molecule has 3 fully saturated rings. The van der Waals surface area contributed by atoms with Crippen LogP contribution in [0, 0.1) is 0 Å². The topological polar surface area (TPSA) is 303 Å². The minimum Gasteiger partial charge on any atom is -0.459 e. The number of rotatable bonds is 23. The Morgan fingerprint density at radius 1 is 0.298 bits per heavy atom. The van der Waals surface area contributed by atoms with Gasteiger partial charge in [0.2, 0.25) is 0 Å². The second-order valence-corrected chi connectivity index (χ2v) is 21.3. The summed E-state index contributed by atoms with van der Waals surface area (Å²) in [5, 5.41) is 12.1. The molecule has 0 radical (unpaired) electrons. The molecular weight excluding hydrogens is 1220 g/mol. The van der Waals surface area contributed by atoms with Crippen LogP contribution < -0.4 is 0 Å². The average Bonchev–Trinajstić information content (AvgIpc) is 1.08. The molecule has 94 heavy (non-hydrogen) atoms. The summed E-state index contributed by atoms with van der Waals surface area (Å²) >= 11 is 0. The van der Waals surface area contributed by atoms with Gasteiger partial charge in [0.05, 0.1) is 45.6 Å². The summed E-state index contributed by atoms with van der Waals surface area (Å²) in [5.41, 5.74) is 0.259. The van der Waals surface area contributed by atoms with E-state index in [2.05, 4.69) is 0 Å². The van der Waals surface area contributed by atoms with E-state index in [1.54, 1.807) is 103 Å². The molecule has 10 rings (SSSR count). The lowest BCUT2D eigenvalue weighted by molar-refractivity contribution is -0.357. The Morgan fingerprint density at radius 2 is 0.564 bits per heavy atom. The lowest BCUT2D eigenvalue weighted by Crippen LogP contribution is -2.67. The fraction of sp³-hybridized carbons (Fsp3) is 0.271. The first kappa shape index (κ1) is 66.5. The number of carbonyl (C=O) groups excluding carboxylic acids is 9. The molecule has 14 atom stereocenters. The predicted molar refractivity (Wildman–Crippen MR) is 322 cm³/mol. The second kappa shape index (κ2) is 31.7. The molecule has 7 aromatic carbocycles. The number of aliphatic hydroxyl groups is 1. The maximum Gasteiger partial charge on any atom is 0.338 e. The zero-order chi connectivity index (χ0) is 66.1. The first-order valence-electron chi connectivity index (χ1n) is 29.6. The van der Waals surface area contributed by atoms with Crippen molar-refractivity contribution in [3.8, 4) is 0 Å². The Balaban J connectivity index is 1.03. The van der Waals surface area contributed by atoms with E-state index in [4.69, 9.17) is 66.3 Å². The van der Waals surface area contributed by atoms with Crippen LogP contribution in [0.4, 0.5) is 0 Å². The highest BCUT2D eigenvalue weighted by atomic mass is 16.8. The van der Waals surface area contributed by atoms with Crippen LogP contribution in [0.25, 0.3) is 0 Å². The van der Waals surface area contributed by atoms with Gasteiger partial charge in [-0.25, -0.2) is 33.6 Å². The van der Waals surface area contributed by atoms with Crippen LogP contribution in [0.15, 0.2) is 212 Å². The molecule has 486 valence electrons. The van der Waals surface area contributed by atoms with Gasteiger partial charge in [-0.05, 0) is 84.9 Å². The fourth-order valence-electron chi connectivity index (χ4n) is 10.4. The number of carbonyl (C=O) groups is 9. The molecule has 24 heteroatoms. The van der Waals surface area contributed by atoms with E-state index >= 15 is 0 Å². The molecule has 3 aliphatic heterocycles. The Hall–Kier alpha value is -10.5. The number of esters is 9. The molecule has 0 aromatic heterocycles. The third-order valence-electron chi connectivity index (χ3n) is 14.8. The molecule has 3 saturated heterocycles. The third kappa shape index (κ3) is 17.0. The Kier molecular flexibility index (Phi) is 22.4. The van der Waals surface area contributed by atoms with Crippen LogP contribution in [-0.4, -0.2) is 165 Å². The monoisotopic (exact) mass is 1290 g/mol. The van der Waals surface area contributed by atoms with Crippen LogP contribution in [-0.2, 0) is 75.9 Å². The molecule has 0 unspecified atom stereocenters. The van der Waals surface area contributed by atoms with Crippen molar-refractivity contribution in [3.63, 3.8) is 0 Å². The highest BCUT2D eigenvalue weighted by molar-refractivity contribution is 5.93. The third-order valence-corrected chi connectivity index (χ3v) is 14.8. The molecule has 3 aliphatic rings. The predicted octanol–water partition coefficient (Wildman–Crippen LogP) is 7.26. The lowest BCUT2D eigenvalue weighted by Gasteiger charge is -2.48. The van der Waals surface area contributed by atoms with Crippen molar-refractivity contribution >= 4 is 53.7 Å². The van der Waals surface area contributed by atoms with Crippen LogP contribution in [0.1, 0.15) is 86.4 Å². The normalized spacial score (nSPS) is 24.6. The molecule has 0 bridgehead atoms. The molecule has 0 saturated carbocycles. The molecule has 1 N–H and O–H groups in total. The minimum absolute atomic E-state index is 0.000754. The molecule has 3 heterocycles. The molecular formula is C70H62O24. The van der Waals surface area contributed by atoms with Crippen molar-refractivity contribution in [2.24, 2.45) is 0 Å². The van der Waals surface area contributed by atoms with Crippen molar-refractivity contribution in [3.05, 3.63) is 251 Å². The number of ether oxygens (including phenoxy) is 14. The first-order valence-corrected chi connectivity index (χ1v) is 29.6. The highest BCUT2D eigenvalue weighted by Gasteiger charge is 2.59. The summed E-state index contributed by atoms with van der Waals surface area (Å²) in [6.07, 6.45) is -26.3. The van der Waals surface area contributed by atoms with Crippen LogP contribution in [0.2, 0.25) is 0 Å². The zero-order valence-electron chi connectivity index (χ0n) is 50.2. The molecule has 7 aromatic rings. The fourth-order valence-corrected chi connectivity index (χ4v) is 10.4. The van der Waals surface area contributed by atoms with Crippen molar-refractivity contribution in [2.45, 2.75) is 99.9 Å². The van der Waals surface area contributed by atoms with Gasteiger partial charge in [0.1, 0.15) is 37.6 Å². The zero-order valence-corrected chi connectivity index (χ0v) is 50.2. The molecule has 0 spiro atoms. The Labute approximate surface area is 537 Å². The van der Waals surface area contributed by atoms with Crippen molar-refractivity contribution in [1.82, 2.24) is 0 Å². The number of benzene rings is 7. The largest absolute Gasteiger partial charge is 0.459 e. The van der Waals surface area contributed by atoms with Gasteiger partial charge in [-0.1, -0.05) is 127 Å². The first-order chi connectivity index (χ1) is 45.6. The standard InChI is InChI=1S/C70H62O24/c1-41(71)84-53-50(40-83-69-59(92-66(78)48-34-20-8-21-35-48)55(90-64(76)46-30-16-6-17-31-46)52(87-69)39-82-62(74)44-26-12-4-13-27-44)86-68(80)58(85-42(2)72)56(53)94-70-60(93-67(79)49-36-22-9-23-37-49)57(91-65(77)47-32-18-7-19-33-47)54(89-63(75)45-28-14-5-15-29-45)51(88-70)38-81-61(73)43-24-10-3-11-25-43/h3-37,50-60,68-70,80H,38-40H2,1-2H3/t50-,51-,52+,53+,54+,55+,56+,57+,58-,59-,60-,68+,69-,70+/m1/s1. The van der Waals surface area contributed by atoms with E-state index in [0.717, 1.165) is 13.8 Å². The highest BCUT2D eigenvalue weighted by Crippen LogP contribution is 2.38. The number of hydrogen-bond acceptors (Lipinski definition) is 24. The number of aliphatic hydroxyl groups excluding tert-OH is 1. The van der Waals surface area contributed by atoms with E-state index in [1.165, 1.54) is 109 Å². The molecule has 0 amide bonds. The number of hydrogen-bond donors (Lipinski definition) is 1. The maximum atomic E-state index is 14.5. The summed E-state index contributed by atoms with van der Waals surface area (Å²) in [6.45, 7) is -0.292. The van der Waals surface area contributed by atoms with Crippen LogP contribution in [0.5, 0.6) is 0 Å². The summed E-state index contributed by atoms with van der Waals surface area (Å²) in [5.74, 6) is -8.78. The van der Waals surface area contributed by atoms with Crippen molar-refractivity contribution in [1.29, 1.82) is 0 Å². The Bertz CT molecular complexity index is 3720. The average molecular weight is 1290 g/mol. The quantitative estimate of drug-likeness (QED) is 0.0486. The second-order valence-electron chi connectivity index (χ2n) is 21.3. The van der Waals surface area contributed by atoms with Crippen LogP contribution in [0.3, 0.4) is 0 Å². The van der Waals surface area contributed by atoms with E-state index < -0.39 is 160 Å². The summed E-state index contributed by atoms with van der Waals surface area (Å²) in [7, 11) is 0. The van der Waals surface area contributed by atoms with E-state index in [9.17, 15) is 48.3 Å². The van der Waals surface area contributed by atoms with Crippen molar-refractivity contribution < 1.29 is 115 Å². The Morgan fingerprint density at radius 3 is 0.915 bits per heavy atom. The summed E-state index contributed by atoms with van der Waals surface area (Å²) in [6, 6.07) is 53.7. The summed E-state index contributed by atoms with van der Waals surface area (Å²) in [4.78, 5) is 125. The van der Waals surface area contributed by atoms with E-state index in [-0.39, 0.29) is 38.9 Å². The van der Waals surface area contributed by atoms with Gasteiger partial charge in [-0.2, -0.15) is 0 Å². The van der Waals surface area contributed by atoms with Gasteiger partial charge < -0.3 is 71.4 Å². The smallest absolute Gasteiger partial charge is 0.338 e. The minimum atomic E-state index is -2.24. The lowest BCUT2D eigenvalue weighted by atomic mass is 9.95. The summed E-state index contributed by atoms with van der Waals surface area (Å²) < 4.78 is 86.0. The van der Waals surface area contributed by atoms with Gasteiger partial charge in [0, 0.05) is 13.8 Å².